The van der Waals surface area contributed by atoms with E-state index in [2.05, 4.69) is 21.2 Å². The molecule has 4 nitrogen and oxygen atoms in total. The number of hydrogen-bond acceptors (Lipinski definition) is 4. The van der Waals surface area contributed by atoms with E-state index in [9.17, 15) is 5.11 Å². The lowest BCUT2D eigenvalue weighted by molar-refractivity contribution is -0.00552. The molecule has 0 aromatic carbocycles. The van der Waals surface area contributed by atoms with Crippen molar-refractivity contribution >= 4 is 22.1 Å². The van der Waals surface area contributed by atoms with E-state index >= 15 is 0 Å². The maximum absolute atomic E-state index is 9.81. The highest BCUT2D eigenvalue weighted by atomic mass is 79.9. The Bertz CT molecular complexity index is 364. The number of ether oxygens (including phenoxy) is 1. The number of alkyl halides is 1. The lowest BCUT2D eigenvalue weighted by Gasteiger charge is -2.26. The summed E-state index contributed by atoms with van der Waals surface area (Å²) in [5.74, 6) is -0.0172. The van der Waals surface area contributed by atoms with Crippen LogP contribution in [0, 0.1) is 11.3 Å². The van der Waals surface area contributed by atoms with E-state index < -0.39 is 6.10 Å². The summed E-state index contributed by atoms with van der Waals surface area (Å²) in [4.78, 5) is -0.0303. The molecule has 5 heteroatoms. The minimum Gasteiger partial charge on any atom is -0.388 e. The van der Waals surface area contributed by atoms with Crippen LogP contribution in [0.15, 0.2) is 23.8 Å². The summed E-state index contributed by atoms with van der Waals surface area (Å²) in [6.07, 6.45) is 10.1. The van der Waals surface area contributed by atoms with Gasteiger partial charge in [0.2, 0.25) is 0 Å². The lowest BCUT2D eigenvalue weighted by Crippen LogP contribution is -2.38. The van der Waals surface area contributed by atoms with E-state index in [4.69, 9.17) is 10.1 Å². The first-order valence-corrected chi connectivity index (χ1v) is 7.70. The fraction of sp³-hybridized carbons (Fsp3) is 0.643. The Hall–Kier alpha value is -0.490. The highest BCUT2D eigenvalue weighted by Crippen LogP contribution is 2.22. The van der Waals surface area contributed by atoms with Crippen LogP contribution in [0.3, 0.4) is 0 Å². The Morgan fingerprint density at radius 1 is 1.58 bits per heavy atom. The van der Waals surface area contributed by atoms with Crippen LogP contribution in [-0.4, -0.2) is 41.6 Å². The highest BCUT2D eigenvalue weighted by molar-refractivity contribution is 9.09. The molecule has 0 spiro atoms. The van der Waals surface area contributed by atoms with Gasteiger partial charge in [-0.3, -0.25) is 5.32 Å². The number of rotatable bonds is 5. The quantitative estimate of drug-likeness (QED) is 0.534. The van der Waals surface area contributed by atoms with Crippen LogP contribution in [-0.2, 0) is 4.74 Å². The number of aliphatic hydroxyl groups excluding tert-OH is 1. The molecule has 1 saturated heterocycles. The lowest BCUT2D eigenvalue weighted by atomic mass is 9.93. The van der Waals surface area contributed by atoms with Crippen molar-refractivity contribution in [3.05, 3.63) is 23.8 Å². The van der Waals surface area contributed by atoms with Crippen LogP contribution in [0.5, 0.6) is 0 Å². The van der Waals surface area contributed by atoms with Crippen LogP contribution in [0.2, 0.25) is 0 Å². The molecule has 0 aromatic heterocycles. The molecule has 3 N–H and O–H groups in total. The molecule has 2 rings (SSSR count). The third-order valence-corrected chi connectivity index (χ3v) is 4.38. The number of aliphatic hydroxyl groups is 1. The van der Waals surface area contributed by atoms with Crippen LogP contribution in [0.25, 0.3) is 0 Å². The molecule has 1 fully saturated rings. The molecule has 0 amide bonds. The third kappa shape index (κ3) is 4.24. The third-order valence-electron chi connectivity index (χ3n) is 3.54. The number of nitrogens with one attached hydrogen (secondary N) is 2. The standard InChI is InChI=1S/C14H21BrN2O2/c15-12-5-4-10(7-13(12)18)11(8-16)9-17-14-3-1-2-6-19-14/h4-5,7-8,11-14,16-18H,1-3,6,9H2/t11-,12?,13?,14?/m0/s1. The van der Waals surface area contributed by atoms with Gasteiger partial charge in [-0.15, -0.1) is 0 Å². The Balaban J connectivity index is 1.87. The molecule has 2 aliphatic rings. The fourth-order valence-electron chi connectivity index (χ4n) is 2.34. The van der Waals surface area contributed by atoms with Crippen molar-refractivity contribution in [3.63, 3.8) is 0 Å². The van der Waals surface area contributed by atoms with Crippen molar-refractivity contribution in [2.45, 2.75) is 36.4 Å². The average Bonchev–Trinajstić information content (AvgIpc) is 2.44. The summed E-state index contributed by atoms with van der Waals surface area (Å²) in [6, 6.07) is 0. The van der Waals surface area contributed by atoms with Gasteiger partial charge in [-0.25, -0.2) is 0 Å². The Labute approximate surface area is 122 Å². The molecule has 4 atom stereocenters. The summed E-state index contributed by atoms with van der Waals surface area (Å²) in [5, 5.41) is 20.7. The van der Waals surface area contributed by atoms with Crippen molar-refractivity contribution < 1.29 is 9.84 Å². The molecule has 0 radical (unpaired) electrons. The van der Waals surface area contributed by atoms with E-state index in [1.165, 1.54) is 12.6 Å². The van der Waals surface area contributed by atoms with Gasteiger partial charge in [-0.2, -0.15) is 0 Å². The normalized spacial score (nSPS) is 32.7. The molecule has 1 aliphatic carbocycles. The Morgan fingerprint density at radius 3 is 3.05 bits per heavy atom. The van der Waals surface area contributed by atoms with E-state index in [-0.39, 0.29) is 17.0 Å². The van der Waals surface area contributed by atoms with Gasteiger partial charge in [-0.05, 0) is 24.8 Å². The summed E-state index contributed by atoms with van der Waals surface area (Å²) in [5.41, 5.74) is 0.988. The zero-order chi connectivity index (χ0) is 13.7. The van der Waals surface area contributed by atoms with Crippen molar-refractivity contribution in [3.8, 4) is 0 Å². The summed E-state index contributed by atoms with van der Waals surface area (Å²) in [6.45, 7) is 1.49. The van der Waals surface area contributed by atoms with Gasteiger partial charge in [0.05, 0.1) is 10.9 Å². The Morgan fingerprint density at radius 2 is 2.42 bits per heavy atom. The van der Waals surface area contributed by atoms with Gasteiger partial charge in [0.15, 0.2) is 0 Å². The molecule has 3 unspecified atom stereocenters. The van der Waals surface area contributed by atoms with Crippen LogP contribution >= 0.6 is 15.9 Å². The zero-order valence-electron chi connectivity index (χ0n) is 10.9. The zero-order valence-corrected chi connectivity index (χ0v) is 12.5. The maximum Gasteiger partial charge on any atom is 0.108 e. The van der Waals surface area contributed by atoms with Crippen molar-refractivity contribution in [1.82, 2.24) is 5.32 Å². The second-order valence-corrected chi connectivity index (χ2v) is 6.05. The Kier molecular flexibility index (Phi) is 5.76. The average molecular weight is 329 g/mol. The smallest absolute Gasteiger partial charge is 0.108 e. The molecule has 106 valence electrons. The largest absolute Gasteiger partial charge is 0.388 e. The van der Waals surface area contributed by atoms with Gasteiger partial charge < -0.3 is 15.3 Å². The first-order valence-electron chi connectivity index (χ1n) is 6.78. The van der Waals surface area contributed by atoms with Crippen LogP contribution in [0.1, 0.15) is 19.3 Å². The maximum atomic E-state index is 9.81. The van der Waals surface area contributed by atoms with Crippen molar-refractivity contribution in [1.29, 1.82) is 5.41 Å². The summed E-state index contributed by atoms with van der Waals surface area (Å²) < 4.78 is 5.62. The molecule has 1 aliphatic heterocycles. The highest BCUT2D eigenvalue weighted by Gasteiger charge is 2.21. The minimum atomic E-state index is -0.520. The second-order valence-electron chi connectivity index (χ2n) is 5.00. The van der Waals surface area contributed by atoms with Gasteiger partial charge in [0.25, 0.3) is 0 Å². The summed E-state index contributed by atoms with van der Waals surface area (Å²) in [7, 11) is 0. The van der Waals surface area contributed by atoms with Gasteiger partial charge >= 0.3 is 0 Å². The number of allylic oxidation sites excluding steroid dienone is 1. The number of hydrogen-bond donors (Lipinski definition) is 3. The topological polar surface area (TPSA) is 65.3 Å². The summed E-state index contributed by atoms with van der Waals surface area (Å²) >= 11 is 3.38. The van der Waals surface area contributed by atoms with Crippen molar-refractivity contribution in [2.75, 3.05) is 13.2 Å². The first kappa shape index (κ1) is 14.9. The van der Waals surface area contributed by atoms with E-state index in [1.54, 1.807) is 0 Å². The first-order chi connectivity index (χ1) is 9.20. The molecule has 0 bridgehead atoms. The molecule has 0 aromatic rings. The van der Waals surface area contributed by atoms with E-state index in [0.717, 1.165) is 25.0 Å². The predicted molar refractivity (Wildman–Crippen MR) is 79.8 cm³/mol. The van der Waals surface area contributed by atoms with Gasteiger partial charge in [-0.1, -0.05) is 34.2 Å². The molecule has 0 saturated carbocycles. The minimum absolute atomic E-state index is 0.0172. The van der Waals surface area contributed by atoms with E-state index in [0.29, 0.717) is 6.54 Å². The van der Waals surface area contributed by atoms with Gasteiger partial charge in [0, 0.05) is 25.3 Å². The fourth-order valence-corrected chi connectivity index (χ4v) is 2.65. The van der Waals surface area contributed by atoms with Crippen LogP contribution < -0.4 is 5.32 Å². The van der Waals surface area contributed by atoms with E-state index in [1.807, 2.05) is 18.2 Å². The van der Waals surface area contributed by atoms with Crippen molar-refractivity contribution in [2.24, 2.45) is 5.92 Å². The number of halogens is 1. The SMILES string of the molecule is N=C[C@@H](CNC1CCCCO1)C1=CC(O)C(Br)C=C1. The molecular weight excluding hydrogens is 308 g/mol. The molecule has 1 heterocycles. The monoisotopic (exact) mass is 328 g/mol. The molecule has 19 heavy (non-hydrogen) atoms. The predicted octanol–water partition coefficient (Wildman–Crippen LogP) is 1.99. The molecular formula is C14H21BrN2O2. The van der Waals surface area contributed by atoms with Crippen LogP contribution in [0.4, 0.5) is 0 Å². The van der Waals surface area contributed by atoms with Gasteiger partial charge in [0.1, 0.15) is 6.23 Å². The second kappa shape index (κ2) is 7.33.